The van der Waals surface area contributed by atoms with Crippen molar-refractivity contribution in [3.63, 3.8) is 0 Å². The minimum Gasteiger partial charge on any atom is -0.110 e. The molecular formula is C5H13P. The van der Waals surface area contributed by atoms with E-state index in [1.54, 1.807) is 0 Å². The number of rotatable bonds is 2. The molecule has 0 fully saturated rings. The van der Waals surface area contributed by atoms with Gasteiger partial charge < -0.3 is 0 Å². The molecule has 0 saturated carbocycles. The zero-order valence-electron chi connectivity index (χ0n) is 4.86. The maximum absolute atomic E-state index is 2.34. The molecule has 0 bridgehead atoms. The van der Waals surface area contributed by atoms with Gasteiger partial charge in [0.1, 0.15) is 0 Å². The smallest absolute Gasteiger partial charge is 0.0357 e. The molecule has 0 aliphatic rings. The van der Waals surface area contributed by atoms with E-state index < -0.39 is 0 Å². The minimum absolute atomic E-state index is 0.424. The summed E-state index contributed by atoms with van der Waals surface area (Å²) in [5.41, 5.74) is 0. The fourth-order valence-electron chi connectivity index (χ4n) is 0.224. The maximum Gasteiger partial charge on any atom is -0.0357 e. The summed E-state index contributed by atoms with van der Waals surface area (Å²) in [6, 6.07) is 0. The molecule has 0 radical (unpaired) electrons. The Kier molecular flexibility index (Phi) is 3.87. The molecule has 0 aromatic rings. The molecular weight excluding hydrogens is 91.0 g/mol. The highest BCUT2D eigenvalue weighted by atomic mass is 31.1. The molecule has 0 aromatic carbocycles. The highest BCUT2D eigenvalue weighted by Crippen LogP contribution is 2.27. The molecule has 0 aliphatic carbocycles. The van der Waals surface area contributed by atoms with Crippen LogP contribution in [0, 0.1) is 0 Å². The van der Waals surface area contributed by atoms with Gasteiger partial charge in [0, 0.05) is 0 Å². The van der Waals surface area contributed by atoms with Crippen LogP contribution >= 0.6 is 7.92 Å². The zero-order valence-corrected chi connectivity index (χ0v) is 5.76. The van der Waals surface area contributed by atoms with E-state index >= 15 is 0 Å². The van der Waals surface area contributed by atoms with Gasteiger partial charge in [-0.15, -0.1) is 7.92 Å². The zero-order chi connectivity index (χ0) is 4.99. The third-order valence-electron chi connectivity index (χ3n) is 1.08. The van der Waals surface area contributed by atoms with Crippen molar-refractivity contribution in [3.05, 3.63) is 0 Å². The lowest BCUT2D eigenvalue weighted by atomic mass is 11.0. The van der Waals surface area contributed by atoms with Crippen LogP contribution in [0.2, 0.25) is 0 Å². The molecule has 0 saturated heterocycles. The van der Waals surface area contributed by atoms with Crippen LogP contribution in [0.4, 0.5) is 0 Å². The average molecular weight is 104 g/mol. The Hall–Kier alpha value is 0.430. The normalized spacial score (nSPS) is 10.0. The van der Waals surface area contributed by atoms with Crippen molar-refractivity contribution in [3.8, 4) is 0 Å². The summed E-state index contributed by atoms with van der Waals surface area (Å²) in [6.45, 7) is 6.86. The van der Waals surface area contributed by atoms with Crippen LogP contribution in [-0.2, 0) is 0 Å². The number of hydrogen-bond donors (Lipinski definition) is 0. The highest BCUT2D eigenvalue weighted by molar-refractivity contribution is 7.56. The summed E-state index contributed by atoms with van der Waals surface area (Å²) in [6.07, 6.45) is 2.79. The summed E-state index contributed by atoms with van der Waals surface area (Å²) in [5, 5.41) is 0. The van der Waals surface area contributed by atoms with E-state index in [0.29, 0.717) is 7.92 Å². The molecule has 1 heteroatoms. The van der Waals surface area contributed by atoms with Crippen LogP contribution in [-0.4, -0.2) is 19.0 Å². The lowest BCUT2D eigenvalue weighted by Gasteiger charge is -2.00. The lowest BCUT2D eigenvalue weighted by molar-refractivity contribution is 1.41. The molecule has 0 amide bonds. The van der Waals surface area contributed by atoms with Crippen molar-refractivity contribution in [1.82, 2.24) is 0 Å². The van der Waals surface area contributed by atoms with E-state index in [2.05, 4.69) is 20.5 Å². The summed E-state index contributed by atoms with van der Waals surface area (Å²) in [5.74, 6) is 0. The second-order valence-electron chi connectivity index (χ2n) is 1.49. The van der Waals surface area contributed by atoms with E-state index in [1.807, 2.05) is 0 Å². The summed E-state index contributed by atoms with van der Waals surface area (Å²) >= 11 is 0. The van der Waals surface area contributed by atoms with Crippen molar-refractivity contribution in [1.29, 1.82) is 0 Å². The van der Waals surface area contributed by atoms with Gasteiger partial charge in [0.2, 0.25) is 0 Å². The SMILES string of the molecule is CCP(C)CC. The van der Waals surface area contributed by atoms with Gasteiger partial charge in [-0.3, -0.25) is 0 Å². The summed E-state index contributed by atoms with van der Waals surface area (Å²) < 4.78 is 0. The maximum atomic E-state index is 2.34. The van der Waals surface area contributed by atoms with Crippen molar-refractivity contribution in [2.75, 3.05) is 19.0 Å². The average Bonchev–Trinajstić information content (AvgIpc) is 1.65. The van der Waals surface area contributed by atoms with Crippen molar-refractivity contribution in [2.24, 2.45) is 0 Å². The molecule has 0 heterocycles. The molecule has 0 aliphatic heterocycles. The van der Waals surface area contributed by atoms with Crippen LogP contribution < -0.4 is 0 Å². The number of hydrogen-bond acceptors (Lipinski definition) is 0. The molecule has 0 nitrogen and oxygen atoms in total. The highest BCUT2D eigenvalue weighted by Gasteiger charge is 1.87. The molecule has 0 spiro atoms. The Morgan fingerprint density at radius 3 is 1.50 bits per heavy atom. The predicted octanol–water partition coefficient (Wildman–Crippen LogP) is 2.14. The van der Waals surface area contributed by atoms with Gasteiger partial charge in [-0.2, -0.15) is 0 Å². The van der Waals surface area contributed by atoms with Crippen LogP contribution in [0.25, 0.3) is 0 Å². The Morgan fingerprint density at radius 1 is 1.17 bits per heavy atom. The Bertz CT molecular complexity index is 23.1. The lowest BCUT2D eigenvalue weighted by Crippen LogP contribution is -1.75. The third-order valence-corrected chi connectivity index (χ3v) is 3.24. The van der Waals surface area contributed by atoms with Gasteiger partial charge in [-0.25, -0.2) is 0 Å². The van der Waals surface area contributed by atoms with E-state index in [1.165, 1.54) is 12.3 Å². The second-order valence-corrected chi connectivity index (χ2v) is 4.47. The molecule has 6 heavy (non-hydrogen) atoms. The molecule has 38 valence electrons. The van der Waals surface area contributed by atoms with Gasteiger partial charge in [0.15, 0.2) is 0 Å². The summed E-state index contributed by atoms with van der Waals surface area (Å²) in [7, 11) is 0.424. The largest absolute Gasteiger partial charge is 0.110 e. The van der Waals surface area contributed by atoms with Crippen LogP contribution in [0.3, 0.4) is 0 Å². The topological polar surface area (TPSA) is 0 Å². The quantitative estimate of drug-likeness (QED) is 0.471. The Morgan fingerprint density at radius 2 is 1.50 bits per heavy atom. The first kappa shape index (κ1) is 6.43. The molecule has 0 N–H and O–H groups in total. The first-order valence-corrected chi connectivity index (χ1v) is 4.65. The predicted molar refractivity (Wildman–Crippen MR) is 33.9 cm³/mol. The minimum atomic E-state index is 0.424. The first-order valence-electron chi connectivity index (χ1n) is 2.49. The third kappa shape index (κ3) is 2.66. The van der Waals surface area contributed by atoms with E-state index in [0.717, 1.165) is 0 Å². The van der Waals surface area contributed by atoms with Crippen LogP contribution in [0.5, 0.6) is 0 Å². The first-order chi connectivity index (χ1) is 2.81. The van der Waals surface area contributed by atoms with Crippen molar-refractivity contribution < 1.29 is 0 Å². The van der Waals surface area contributed by atoms with Crippen LogP contribution in [0.1, 0.15) is 13.8 Å². The van der Waals surface area contributed by atoms with Gasteiger partial charge in [-0.1, -0.05) is 13.8 Å². The van der Waals surface area contributed by atoms with E-state index in [9.17, 15) is 0 Å². The van der Waals surface area contributed by atoms with E-state index in [4.69, 9.17) is 0 Å². The second kappa shape index (κ2) is 3.61. The Balaban J connectivity index is 2.75. The molecule has 0 unspecified atom stereocenters. The van der Waals surface area contributed by atoms with E-state index in [-0.39, 0.29) is 0 Å². The van der Waals surface area contributed by atoms with Crippen molar-refractivity contribution >= 4 is 7.92 Å². The van der Waals surface area contributed by atoms with Gasteiger partial charge in [0.05, 0.1) is 0 Å². The van der Waals surface area contributed by atoms with Gasteiger partial charge in [-0.05, 0) is 19.0 Å². The van der Waals surface area contributed by atoms with Crippen LogP contribution in [0.15, 0.2) is 0 Å². The van der Waals surface area contributed by atoms with Gasteiger partial charge >= 0.3 is 0 Å². The van der Waals surface area contributed by atoms with Crippen molar-refractivity contribution in [2.45, 2.75) is 13.8 Å². The fraction of sp³-hybridized carbons (Fsp3) is 1.00. The fourth-order valence-corrected chi connectivity index (χ4v) is 0.671. The Labute approximate surface area is 41.7 Å². The summed E-state index contributed by atoms with van der Waals surface area (Å²) in [4.78, 5) is 0. The molecule has 0 aromatic heterocycles. The monoisotopic (exact) mass is 104 g/mol. The molecule has 0 atom stereocenters. The standard InChI is InChI=1S/C5H13P/c1-4-6(3)5-2/h4-5H2,1-3H3. The van der Waals surface area contributed by atoms with Gasteiger partial charge in [0.25, 0.3) is 0 Å². The molecule has 0 rings (SSSR count).